The maximum Gasteiger partial charge on any atom is 0.267 e. The molecule has 2 amide bonds. The fourth-order valence-corrected chi connectivity index (χ4v) is 3.00. The Morgan fingerprint density at radius 1 is 0.962 bits per heavy atom. The zero-order valence-electron chi connectivity index (χ0n) is 13.8. The van der Waals surface area contributed by atoms with E-state index in [1.807, 2.05) is 36.4 Å². The SMILES string of the molecule is C=NNC(=O)C(NC(=O)c1ccccc1Cl)c1cccc2ccccc12. The van der Waals surface area contributed by atoms with Crippen LogP contribution in [-0.2, 0) is 4.79 Å². The number of carbonyl (C=O) groups excluding carboxylic acids is 2. The predicted molar refractivity (Wildman–Crippen MR) is 103 cm³/mol. The fourth-order valence-electron chi connectivity index (χ4n) is 2.78. The monoisotopic (exact) mass is 365 g/mol. The minimum atomic E-state index is -0.949. The number of nitrogens with one attached hydrogen (secondary N) is 2. The Labute approximate surface area is 155 Å². The lowest BCUT2D eigenvalue weighted by Crippen LogP contribution is -2.38. The summed E-state index contributed by atoms with van der Waals surface area (Å²) >= 11 is 6.09. The number of hydrazone groups is 1. The van der Waals surface area contributed by atoms with Crippen LogP contribution in [0.3, 0.4) is 0 Å². The highest BCUT2D eigenvalue weighted by molar-refractivity contribution is 6.33. The second-order valence-corrected chi connectivity index (χ2v) is 6.00. The van der Waals surface area contributed by atoms with Crippen molar-refractivity contribution in [3.05, 3.63) is 82.9 Å². The summed E-state index contributed by atoms with van der Waals surface area (Å²) in [5.74, 6) is -0.940. The van der Waals surface area contributed by atoms with Gasteiger partial charge in [-0.2, -0.15) is 5.10 Å². The first-order valence-corrected chi connectivity index (χ1v) is 8.28. The summed E-state index contributed by atoms with van der Waals surface area (Å²) < 4.78 is 0. The lowest BCUT2D eigenvalue weighted by atomic mass is 9.98. The molecule has 3 aromatic carbocycles. The third-order valence-corrected chi connectivity index (χ3v) is 4.31. The van der Waals surface area contributed by atoms with E-state index in [0.717, 1.165) is 10.8 Å². The number of rotatable bonds is 5. The topological polar surface area (TPSA) is 70.6 Å². The maximum atomic E-state index is 12.7. The minimum absolute atomic E-state index is 0.291. The quantitative estimate of drug-likeness (QED) is 0.534. The summed E-state index contributed by atoms with van der Waals surface area (Å²) in [5, 5.41) is 8.31. The van der Waals surface area contributed by atoms with Crippen LogP contribution in [0.5, 0.6) is 0 Å². The third kappa shape index (κ3) is 3.58. The number of carbonyl (C=O) groups is 2. The van der Waals surface area contributed by atoms with E-state index in [9.17, 15) is 9.59 Å². The Kier molecular flexibility index (Phi) is 5.29. The van der Waals surface area contributed by atoms with Gasteiger partial charge >= 0.3 is 0 Å². The Balaban J connectivity index is 2.03. The van der Waals surface area contributed by atoms with E-state index in [4.69, 9.17) is 11.6 Å². The summed E-state index contributed by atoms with van der Waals surface area (Å²) in [6.07, 6.45) is 0. The molecule has 0 spiro atoms. The normalized spacial score (nSPS) is 11.6. The summed E-state index contributed by atoms with van der Waals surface area (Å²) in [6.45, 7) is 3.27. The summed E-state index contributed by atoms with van der Waals surface area (Å²) in [7, 11) is 0. The van der Waals surface area contributed by atoms with Crippen molar-refractivity contribution in [3.63, 3.8) is 0 Å². The molecule has 1 unspecified atom stereocenters. The standard InChI is InChI=1S/C20H16ClN3O2/c1-22-24-20(26)18(23-19(25)16-10-4-5-12-17(16)21)15-11-6-8-13-7-2-3-9-14(13)15/h2-12,18H,1H2,(H,23,25)(H,24,26). The average Bonchev–Trinajstić information content (AvgIpc) is 2.66. The van der Waals surface area contributed by atoms with Crippen molar-refractivity contribution in [1.29, 1.82) is 0 Å². The summed E-state index contributed by atoms with van der Waals surface area (Å²) in [6, 6.07) is 18.9. The molecule has 1 atom stereocenters. The van der Waals surface area contributed by atoms with E-state index in [1.165, 1.54) is 0 Å². The molecule has 0 saturated heterocycles. The Morgan fingerprint density at radius 3 is 2.42 bits per heavy atom. The van der Waals surface area contributed by atoms with Crippen molar-refractivity contribution in [3.8, 4) is 0 Å². The number of halogens is 1. The van der Waals surface area contributed by atoms with Gasteiger partial charge in [0.2, 0.25) is 0 Å². The van der Waals surface area contributed by atoms with E-state index in [2.05, 4.69) is 22.6 Å². The van der Waals surface area contributed by atoms with Crippen LogP contribution < -0.4 is 10.7 Å². The first kappa shape index (κ1) is 17.6. The second kappa shape index (κ2) is 7.80. The van der Waals surface area contributed by atoms with Crippen LogP contribution in [0, 0.1) is 0 Å². The molecule has 0 aliphatic carbocycles. The predicted octanol–water partition coefficient (Wildman–Crippen LogP) is 3.70. The van der Waals surface area contributed by atoms with Crippen molar-refractivity contribution in [2.24, 2.45) is 5.10 Å². The molecule has 0 heterocycles. The molecule has 0 bridgehead atoms. The van der Waals surface area contributed by atoms with Crippen LogP contribution in [0.2, 0.25) is 5.02 Å². The molecule has 0 radical (unpaired) electrons. The van der Waals surface area contributed by atoms with Gasteiger partial charge in [-0.1, -0.05) is 66.2 Å². The van der Waals surface area contributed by atoms with Gasteiger partial charge in [0.05, 0.1) is 10.6 Å². The summed E-state index contributed by atoms with van der Waals surface area (Å²) in [5.41, 5.74) is 3.26. The molecule has 0 fully saturated rings. The molecule has 3 rings (SSSR count). The molecule has 2 N–H and O–H groups in total. The van der Waals surface area contributed by atoms with Crippen LogP contribution in [0.1, 0.15) is 22.0 Å². The van der Waals surface area contributed by atoms with Gasteiger partial charge in [-0.25, -0.2) is 5.43 Å². The van der Waals surface area contributed by atoms with Crippen molar-refractivity contribution in [2.75, 3.05) is 0 Å². The maximum absolute atomic E-state index is 12.7. The number of amides is 2. The van der Waals surface area contributed by atoms with E-state index in [-0.39, 0.29) is 0 Å². The number of fused-ring (bicyclic) bond motifs is 1. The highest BCUT2D eigenvalue weighted by atomic mass is 35.5. The van der Waals surface area contributed by atoms with Crippen molar-refractivity contribution < 1.29 is 9.59 Å². The van der Waals surface area contributed by atoms with Crippen LogP contribution in [0.4, 0.5) is 0 Å². The molecule has 3 aromatic rings. The molecule has 6 heteroatoms. The molecular formula is C20H16ClN3O2. The number of nitrogens with zero attached hydrogens (tertiary/aromatic N) is 1. The van der Waals surface area contributed by atoms with Gasteiger partial charge in [0.1, 0.15) is 6.04 Å². The van der Waals surface area contributed by atoms with Crippen LogP contribution in [-0.4, -0.2) is 18.5 Å². The van der Waals surface area contributed by atoms with E-state index in [1.54, 1.807) is 30.3 Å². The van der Waals surface area contributed by atoms with Crippen LogP contribution in [0.15, 0.2) is 71.8 Å². The van der Waals surface area contributed by atoms with Crippen molar-refractivity contribution in [1.82, 2.24) is 10.7 Å². The lowest BCUT2D eigenvalue weighted by molar-refractivity contribution is -0.123. The zero-order chi connectivity index (χ0) is 18.5. The minimum Gasteiger partial charge on any atom is -0.336 e. The van der Waals surface area contributed by atoms with Gasteiger partial charge in [-0.15, -0.1) is 0 Å². The first-order valence-electron chi connectivity index (χ1n) is 7.90. The number of hydrogen-bond donors (Lipinski definition) is 2. The zero-order valence-corrected chi connectivity index (χ0v) is 14.5. The van der Waals surface area contributed by atoms with Gasteiger partial charge in [-0.05, 0) is 28.5 Å². The van der Waals surface area contributed by atoms with Crippen LogP contribution >= 0.6 is 11.6 Å². The molecule has 0 aliphatic rings. The van der Waals surface area contributed by atoms with E-state index in [0.29, 0.717) is 16.1 Å². The summed E-state index contributed by atoms with van der Waals surface area (Å²) in [4.78, 5) is 25.2. The molecule has 0 saturated carbocycles. The van der Waals surface area contributed by atoms with E-state index >= 15 is 0 Å². The van der Waals surface area contributed by atoms with Crippen molar-refractivity contribution >= 4 is 40.9 Å². The Morgan fingerprint density at radius 2 is 1.65 bits per heavy atom. The van der Waals surface area contributed by atoms with Crippen molar-refractivity contribution in [2.45, 2.75) is 6.04 Å². The Bertz CT molecular complexity index is 982. The average molecular weight is 366 g/mol. The first-order chi connectivity index (χ1) is 12.6. The van der Waals surface area contributed by atoms with Gasteiger partial charge in [0.15, 0.2) is 0 Å². The Hall–Kier alpha value is -3.18. The number of benzene rings is 3. The lowest BCUT2D eigenvalue weighted by Gasteiger charge is -2.19. The van der Waals surface area contributed by atoms with Gasteiger partial charge < -0.3 is 5.32 Å². The largest absolute Gasteiger partial charge is 0.336 e. The van der Waals surface area contributed by atoms with Gasteiger partial charge in [0, 0.05) is 6.72 Å². The molecule has 26 heavy (non-hydrogen) atoms. The van der Waals surface area contributed by atoms with Gasteiger partial charge in [-0.3, -0.25) is 9.59 Å². The van der Waals surface area contributed by atoms with Crippen LogP contribution in [0.25, 0.3) is 10.8 Å². The molecular weight excluding hydrogens is 350 g/mol. The molecule has 0 aliphatic heterocycles. The smallest absolute Gasteiger partial charge is 0.267 e. The fraction of sp³-hybridized carbons (Fsp3) is 0.0500. The van der Waals surface area contributed by atoms with E-state index < -0.39 is 17.9 Å². The second-order valence-electron chi connectivity index (χ2n) is 5.59. The molecule has 0 aromatic heterocycles. The molecule has 130 valence electrons. The number of hydrogen-bond acceptors (Lipinski definition) is 3. The highest BCUT2D eigenvalue weighted by Crippen LogP contribution is 2.25. The molecule has 5 nitrogen and oxygen atoms in total. The highest BCUT2D eigenvalue weighted by Gasteiger charge is 2.25. The third-order valence-electron chi connectivity index (χ3n) is 3.98. The van der Waals surface area contributed by atoms with Gasteiger partial charge in [0.25, 0.3) is 11.8 Å².